The molecule has 7 rings (SSSR count). The molecule has 0 aromatic heterocycles. The molecule has 62 heavy (non-hydrogen) atoms. The summed E-state index contributed by atoms with van der Waals surface area (Å²) in [5.74, 6) is -1.79. The Kier molecular flexibility index (Phi) is 11.4. The second kappa shape index (κ2) is 16.3. The van der Waals surface area contributed by atoms with E-state index < -0.39 is 90.1 Å². The SMILES string of the molecule is Nc1ccc2c(O)c(N=Nc3ccc(-c4ccc(N=Nc5c(S(=O)(=O)[O-])cc6cc(S(=O)(=O)O)c(N=Nc7cc(Cl)ccc7Cl)c(N)c6c5[O-])cc4)cc3)c(S(=O)(=O)O)cc2c1.[HH].[HH].[HH].[HH]. The number of phenols is 1. The van der Waals surface area contributed by atoms with E-state index in [1.807, 2.05) is 0 Å². The fraction of sp³-hybridized carbons (Fsp3) is 0. The molecule has 0 unspecified atom stereocenters. The standard InChI is InChI=1S/C38H26Cl2N8O11S3.4H2/c39-22-5-12-27(40)28(17-22)45-46-34-29(60(51,52)53)15-21-16-31(62(57,58)59)36(38(50)32(21)33(34)42)48-44-25-9-3-19(4-10-25)18-1-7-24(8-2-18)43-47-35-30(61(54,55)56)14-20-13-23(41)6-11-26(20)37(35)49;;;;/h1-17,49-50H,41-42H2,(H,51,52,53)(H,54,55,56)(H,57,58,59);4*1H/p-2. The number of rotatable bonds is 10. The summed E-state index contributed by atoms with van der Waals surface area (Å²) in [5, 5.41) is 47.7. The molecule has 0 atom stereocenters. The van der Waals surface area contributed by atoms with Crippen molar-refractivity contribution in [2.24, 2.45) is 30.7 Å². The Balaban J connectivity index is 0.00000289. The highest BCUT2D eigenvalue weighted by atomic mass is 35.5. The molecular formula is C38H32Cl2N8O11S3-2. The van der Waals surface area contributed by atoms with Gasteiger partial charge in [-0.25, -0.2) is 8.42 Å². The Bertz CT molecular complexity index is 3470. The molecule has 0 aliphatic carbocycles. The largest absolute Gasteiger partial charge is 0.870 e. The van der Waals surface area contributed by atoms with Gasteiger partial charge in [0, 0.05) is 27.2 Å². The monoisotopic (exact) mass is 942 g/mol. The van der Waals surface area contributed by atoms with Gasteiger partial charge in [0.1, 0.15) is 37.0 Å². The van der Waals surface area contributed by atoms with Crippen LogP contribution in [0.2, 0.25) is 10.0 Å². The lowest BCUT2D eigenvalue weighted by molar-refractivity contribution is -0.264. The van der Waals surface area contributed by atoms with Crippen molar-refractivity contribution in [1.29, 1.82) is 0 Å². The van der Waals surface area contributed by atoms with Gasteiger partial charge >= 0.3 is 0 Å². The van der Waals surface area contributed by atoms with E-state index in [1.165, 1.54) is 60.7 Å². The maximum Gasteiger partial charge on any atom is 0.296 e. The topological polar surface area (TPSA) is 335 Å². The third-order valence-electron chi connectivity index (χ3n) is 8.96. The van der Waals surface area contributed by atoms with E-state index in [4.69, 9.17) is 34.7 Å². The van der Waals surface area contributed by atoms with Crippen molar-refractivity contribution in [3.05, 3.63) is 113 Å². The highest BCUT2D eigenvalue weighted by Gasteiger charge is 2.25. The van der Waals surface area contributed by atoms with Crippen LogP contribution in [-0.4, -0.2) is 44.0 Å². The average molecular weight is 944 g/mol. The molecule has 0 amide bonds. The number of hydrogen-bond donors (Lipinski definition) is 5. The van der Waals surface area contributed by atoms with Gasteiger partial charge in [-0.3, -0.25) is 9.11 Å². The first-order valence-electron chi connectivity index (χ1n) is 17.1. The van der Waals surface area contributed by atoms with Gasteiger partial charge < -0.3 is 26.2 Å². The number of nitrogens with two attached hydrogens (primary N) is 2. The number of azo groups is 3. The predicted octanol–water partition coefficient (Wildman–Crippen LogP) is 10.5. The van der Waals surface area contributed by atoms with E-state index in [2.05, 4.69) is 30.7 Å². The van der Waals surface area contributed by atoms with Gasteiger partial charge in [0.2, 0.25) is 0 Å². The van der Waals surface area contributed by atoms with Crippen molar-refractivity contribution < 1.29 is 54.8 Å². The Morgan fingerprint density at radius 1 is 0.581 bits per heavy atom. The number of nitrogen functional groups attached to an aromatic ring is 2. The summed E-state index contributed by atoms with van der Waals surface area (Å²) >= 11 is 12.1. The van der Waals surface area contributed by atoms with Gasteiger partial charge in [-0.15, -0.1) is 20.5 Å². The zero-order valence-electron chi connectivity index (χ0n) is 30.7. The third-order valence-corrected chi connectivity index (χ3v) is 12.1. The highest BCUT2D eigenvalue weighted by Crippen LogP contribution is 2.48. The fourth-order valence-corrected chi connectivity index (χ4v) is 8.36. The molecule has 7 aromatic carbocycles. The number of benzene rings is 7. The van der Waals surface area contributed by atoms with E-state index in [-0.39, 0.29) is 43.6 Å². The molecule has 0 saturated carbocycles. The molecule has 324 valence electrons. The maximum atomic E-state index is 13.8. The number of phenolic OH excluding ortho intramolecular Hbond substituents is 1. The first kappa shape index (κ1) is 43.5. The van der Waals surface area contributed by atoms with E-state index in [9.17, 15) is 49.1 Å². The molecule has 0 aliphatic heterocycles. The lowest BCUT2D eigenvalue weighted by atomic mass is 10.0. The molecule has 0 saturated heterocycles. The summed E-state index contributed by atoms with van der Waals surface area (Å²) in [7, 11) is -15.5. The lowest BCUT2D eigenvalue weighted by Gasteiger charge is -2.21. The smallest absolute Gasteiger partial charge is 0.296 e. The normalized spacial score (nSPS) is 12.7. The zero-order chi connectivity index (χ0) is 44.9. The summed E-state index contributed by atoms with van der Waals surface area (Å²) in [6, 6.07) is 23.3. The predicted molar refractivity (Wildman–Crippen MR) is 235 cm³/mol. The number of aromatic hydroxyl groups is 1. The molecule has 0 heterocycles. The second-order valence-electron chi connectivity index (χ2n) is 13.0. The van der Waals surface area contributed by atoms with Crippen LogP contribution in [0.15, 0.2) is 149 Å². The van der Waals surface area contributed by atoms with Gasteiger partial charge in [-0.05, 0) is 101 Å². The van der Waals surface area contributed by atoms with Crippen LogP contribution in [0.4, 0.5) is 45.5 Å². The Hall–Kier alpha value is -6.63. The fourth-order valence-electron chi connectivity index (χ4n) is 6.07. The summed E-state index contributed by atoms with van der Waals surface area (Å²) < 4.78 is 106. The number of nitrogens with zero attached hydrogens (tertiary/aromatic N) is 6. The number of fused-ring (bicyclic) bond motifs is 2. The van der Waals surface area contributed by atoms with E-state index in [0.29, 0.717) is 28.9 Å². The Morgan fingerprint density at radius 2 is 1.10 bits per heavy atom. The molecule has 0 spiro atoms. The minimum atomic E-state index is -5.46. The average Bonchev–Trinajstić information content (AvgIpc) is 3.19. The van der Waals surface area contributed by atoms with Crippen LogP contribution in [-0.2, 0) is 30.4 Å². The molecule has 7 aromatic rings. The highest BCUT2D eigenvalue weighted by molar-refractivity contribution is 7.86. The summed E-state index contributed by atoms with van der Waals surface area (Å²) in [5.41, 5.74) is 11.0. The van der Waals surface area contributed by atoms with Crippen LogP contribution in [0.3, 0.4) is 0 Å². The van der Waals surface area contributed by atoms with Gasteiger partial charge in [-0.2, -0.15) is 27.1 Å². The van der Waals surface area contributed by atoms with Crippen LogP contribution in [0.5, 0.6) is 11.5 Å². The van der Waals surface area contributed by atoms with Crippen molar-refractivity contribution in [3.63, 3.8) is 0 Å². The Labute approximate surface area is 366 Å². The summed E-state index contributed by atoms with van der Waals surface area (Å²) in [6.45, 7) is 0. The molecule has 0 bridgehead atoms. The van der Waals surface area contributed by atoms with Crippen LogP contribution in [0, 0.1) is 0 Å². The van der Waals surface area contributed by atoms with Crippen LogP contribution in [0.25, 0.3) is 32.7 Å². The molecule has 7 N–H and O–H groups in total. The quantitative estimate of drug-likeness (QED) is 0.0484. The maximum absolute atomic E-state index is 13.8. The second-order valence-corrected chi connectivity index (χ2v) is 18.0. The van der Waals surface area contributed by atoms with Gasteiger partial charge in [0.25, 0.3) is 20.2 Å². The van der Waals surface area contributed by atoms with Crippen LogP contribution < -0.4 is 16.6 Å². The van der Waals surface area contributed by atoms with Crippen molar-refractivity contribution in [2.75, 3.05) is 11.5 Å². The summed E-state index contributed by atoms with van der Waals surface area (Å²) in [4.78, 5) is -2.83. The van der Waals surface area contributed by atoms with Crippen molar-refractivity contribution in [3.8, 4) is 22.6 Å². The zero-order valence-corrected chi connectivity index (χ0v) is 34.7. The molecule has 24 heteroatoms. The number of anilines is 2. The first-order valence-corrected chi connectivity index (χ1v) is 22.1. The number of halogens is 2. The van der Waals surface area contributed by atoms with Crippen molar-refractivity contribution in [1.82, 2.24) is 0 Å². The van der Waals surface area contributed by atoms with Gasteiger partial charge in [0.15, 0.2) is 5.75 Å². The Morgan fingerprint density at radius 3 is 1.66 bits per heavy atom. The molecule has 19 nitrogen and oxygen atoms in total. The molecule has 0 fully saturated rings. The van der Waals surface area contributed by atoms with E-state index in [1.54, 1.807) is 24.3 Å². The van der Waals surface area contributed by atoms with Crippen LogP contribution >= 0.6 is 23.2 Å². The summed E-state index contributed by atoms with van der Waals surface area (Å²) in [6.07, 6.45) is 0. The minimum Gasteiger partial charge on any atom is -0.870 e. The van der Waals surface area contributed by atoms with Gasteiger partial charge in [0.05, 0.1) is 32.7 Å². The number of hydrogen-bond acceptors (Lipinski definition) is 17. The lowest BCUT2D eigenvalue weighted by Crippen LogP contribution is -2.06. The van der Waals surface area contributed by atoms with E-state index >= 15 is 0 Å². The van der Waals surface area contributed by atoms with E-state index in [0.717, 1.165) is 6.07 Å². The van der Waals surface area contributed by atoms with Crippen LogP contribution in [0.1, 0.15) is 5.71 Å². The third kappa shape index (κ3) is 8.88. The molecule has 0 aliphatic rings. The first-order chi connectivity index (χ1) is 29.1. The van der Waals surface area contributed by atoms with Gasteiger partial charge in [-0.1, -0.05) is 53.2 Å². The molecular weight excluding hydrogens is 912 g/mol. The van der Waals surface area contributed by atoms with Crippen molar-refractivity contribution in [2.45, 2.75) is 14.7 Å². The van der Waals surface area contributed by atoms with Crippen molar-refractivity contribution >= 4 is 121 Å². The molecule has 0 radical (unpaired) electrons. The minimum absolute atomic E-state index is 0.